The van der Waals surface area contributed by atoms with E-state index in [0.29, 0.717) is 17.5 Å². The van der Waals surface area contributed by atoms with E-state index in [4.69, 9.17) is 19.4 Å². The Hall–Kier alpha value is -6.85. The molecule has 0 radical (unpaired) electrons. The van der Waals surface area contributed by atoms with Crippen molar-refractivity contribution in [2.75, 3.05) is 0 Å². The molecule has 1 aliphatic rings. The van der Waals surface area contributed by atoms with Gasteiger partial charge in [0.05, 0.1) is 11.0 Å². The highest BCUT2D eigenvalue weighted by atomic mass is 16.3. The summed E-state index contributed by atoms with van der Waals surface area (Å²) in [4.78, 5) is 15.3. The monoisotopic (exact) mass is 638 g/mol. The molecule has 7 aromatic carbocycles. The number of benzene rings is 7. The van der Waals surface area contributed by atoms with Crippen molar-refractivity contribution in [2.24, 2.45) is 0 Å². The molecule has 5 nitrogen and oxygen atoms in total. The molecule has 0 amide bonds. The first-order valence-corrected chi connectivity index (χ1v) is 16.8. The number of para-hydroxylation sites is 2. The summed E-state index contributed by atoms with van der Waals surface area (Å²) in [6.45, 7) is 0. The van der Waals surface area contributed by atoms with Gasteiger partial charge in [-0.2, -0.15) is 0 Å². The van der Waals surface area contributed by atoms with Gasteiger partial charge >= 0.3 is 0 Å². The summed E-state index contributed by atoms with van der Waals surface area (Å²) in [5.74, 6) is 1.83. The molecule has 50 heavy (non-hydrogen) atoms. The first kappa shape index (κ1) is 27.1. The van der Waals surface area contributed by atoms with E-state index in [-0.39, 0.29) is 0 Å². The van der Waals surface area contributed by atoms with Gasteiger partial charge in [0.25, 0.3) is 0 Å². The van der Waals surface area contributed by atoms with Crippen LogP contribution in [-0.2, 0) is 0 Å². The van der Waals surface area contributed by atoms with Crippen molar-refractivity contribution in [3.63, 3.8) is 0 Å². The van der Waals surface area contributed by atoms with Gasteiger partial charge in [-0.15, -0.1) is 0 Å². The fourth-order valence-corrected chi connectivity index (χ4v) is 7.56. The van der Waals surface area contributed by atoms with E-state index in [2.05, 4.69) is 138 Å². The molecule has 232 valence electrons. The predicted molar refractivity (Wildman–Crippen MR) is 202 cm³/mol. The molecular formula is C45H26N4O. The largest absolute Gasteiger partial charge is 0.456 e. The van der Waals surface area contributed by atoms with Crippen LogP contribution in [0.4, 0.5) is 0 Å². The Balaban J connectivity index is 1.19. The molecule has 0 atom stereocenters. The van der Waals surface area contributed by atoms with E-state index in [9.17, 15) is 0 Å². The Labute approximate surface area is 286 Å². The van der Waals surface area contributed by atoms with Crippen molar-refractivity contribution in [3.8, 4) is 62.1 Å². The smallest absolute Gasteiger partial charge is 0.164 e. The standard InChI is InChI=1S/C45H26N4O/c1-3-16-39-35(14-1)36-20-18-30-25-40(36)49(39)34-13-7-10-29(24-34)27-8-5-11-31(22-27)43-46-44(32-12-6-9-28(30)23-32)48-45(47-43)33-19-21-38-37-15-2-4-17-41(37)50-42(38)26-33/h1-26H. The lowest BCUT2D eigenvalue weighted by atomic mass is 10.00. The van der Waals surface area contributed by atoms with E-state index in [1.807, 2.05) is 24.3 Å². The van der Waals surface area contributed by atoms with Crippen molar-refractivity contribution < 1.29 is 4.42 Å². The molecule has 0 fully saturated rings. The maximum atomic E-state index is 6.25. The van der Waals surface area contributed by atoms with Crippen molar-refractivity contribution >= 4 is 43.7 Å². The zero-order valence-corrected chi connectivity index (χ0v) is 26.7. The normalized spacial score (nSPS) is 12.0. The van der Waals surface area contributed by atoms with Gasteiger partial charge in [-0.05, 0) is 76.9 Å². The van der Waals surface area contributed by atoms with Crippen LogP contribution in [0.2, 0.25) is 0 Å². The molecule has 3 aromatic heterocycles. The fraction of sp³-hybridized carbons (Fsp3) is 0. The number of hydrogen-bond acceptors (Lipinski definition) is 4. The lowest BCUT2D eigenvalue weighted by Gasteiger charge is -2.13. The molecule has 10 aromatic rings. The second-order valence-electron chi connectivity index (χ2n) is 12.9. The van der Waals surface area contributed by atoms with E-state index in [0.717, 1.165) is 72.1 Å². The third-order valence-electron chi connectivity index (χ3n) is 9.96. The molecule has 0 saturated heterocycles. The van der Waals surface area contributed by atoms with Gasteiger partial charge in [0.15, 0.2) is 17.5 Å². The van der Waals surface area contributed by atoms with Crippen LogP contribution in [0.5, 0.6) is 0 Å². The number of fused-ring (bicyclic) bond motifs is 20. The zero-order chi connectivity index (χ0) is 32.8. The third-order valence-corrected chi connectivity index (χ3v) is 9.96. The second kappa shape index (κ2) is 10.3. The van der Waals surface area contributed by atoms with Crippen molar-refractivity contribution in [3.05, 3.63) is 158 Å². The Kier molecular flexibility index (Phi) is 5.60. The highest BCUT2D eigenvalue weighted by Crippen LogP contribution is 2.38. The van der Waals surface area contributed by atoms with Gasteiger partial charge in [0, 0.05) is 43.9 Å². The Bertz CT molecular complexity index is 3000. The average molecular weight is 639 g/mol. The fourth-order valence-electron chi connectivity index (χ4n) is 7.56. The Morgan fingerprint density at radius 1 is 0.340 bits per heavy atom. The van der Waals surface area contributed by atoms with E-state index < -0.39 is 0 Å². The van der Waals surface area contributed by atoms with E-state index in [1.54, 1.807) is 0 Å². The molecule has 0 N–H and O–H groups in total. The van der Waals surface area contributed by atoms with E-state index in [1.165, 1.54) is 16.3 Å². The molecule has 0 saturated carbocycles. The first-order chi connectivity index (χ1) is 24.7. The molecule has 11 rings (SSSR count). The predicted octanol–water partition coefficient (Wildman–Crippen LogP) is 11.5. The van der Waals surface area contributed by atoms with Crippen LogP contribution >= 0.6 is 0 Å². The van der Waals surface area contributed by atoms with Gasteiger partial charge in [0.1, 0.15) is 11.2 Å². The van der Waals surface area contributed by atoms with Crippen molar-refractivity contribution in [1.82, 2.24) is 19.5 Å². The van der Waals surface area contributed by atoms with E-state index >= 15 is 0 Å². The van der Waals surface area contributed by atoms with Crippen LogP contribution < -0.4 is 0 Å². The van der Waals surface area contributed by atoms with Crippen molar-refractivity contribution in [2.45, 2.75) is 0 Å². The topological polar surface area (TPSA) is 56.7 Å². The van der Waals surface area contributed by atoms with Crippen LogP contribution in [0.3, 0.4) is 0 Å². The minimum absolute atomic E-state index is 0.595. The molecule has 0 aliphatic carbocycles. The van der Waals surface area contributed by atoms with Crippen molar-refractivity contribution in [1.29, 1.82) is 0 Å². The highest BCUT2D eigenvalue weighted by Gasteiger charge is 2.18. The van der Waals surface area contributed by atoms with Gasteiger partial charge in [0.2, 0.25) is 0 Å². The highest BCUT2D eigenvalue weighted by molar-refractivity contribution is 6.10. The third kappa shape index (κ3) is 4.10. The molecule has 0 unspecified atom stereocenters. The second-order valence-corrected chi connectivity index (χ2v) is 12.9. The number of hydrogen-bond donors (Lipinski definition) is 0. The maximum absolute atomic E-state index is 6.25. The van der Waals surface area contributed by atoms with Crippen LogP contribution in [0.25, 0.3) is 106 Å². The Morgan fingerprint density at radius 2 is 0.860 bits per heavy atom. The summed E-state index contributed by atoms with van der Waals surface area (Å²) >= 11 is 0. The quantitative estimate of drug-likeness (QED) is 0.179. The molecule has 1 aliphatic heterocycles. The van der Waals surface area contributed by atoms with Gasteiger partial charge in [-0.1, -0.05) is 103 Å². The summed E-state index contributed by atoms with van der Waals surface area (Å²) in [5.41, 5.74) is 12.3. The zero-order valence-electron chi connectivity index (χ0n) is 26.7. The van der Waals surface area contributed by atoms with Gasteiger partial charge in [-0.25, -0.2) is 15.0 Å². The molecule has 5 heteroatoms. The lowest BCUT2D eigenvalue weighted by Crippen LogP contribution is -2.00. The number of rotatable bonds is 1. The van der Waals surface area contributed by atoms with Gasteiger partial charge in [-0.3, -0.25) is 0 Å². The van der Waals surface area contributed by atoms with Crippen LogP contribution in [0, 0.1) is 0 Å². The number of furan rings is 1. The maximum Gasteiger partial charge on any atom is 0.164 e. The summed E-state index contributed by atoms with van der Waals surface area (Å²) < 4.78 is 8.64. The Morgan fingerprint density at radius 3 is 1.62 bits per heavy atom. The average Bonchev–Trinajstić information content (AvgIpc) is 3.72. The summed E-state index contributed by atoms with van der Waals surface area (Å²) in [7, 11) is 0. The SMILES string of the molecule is c1cc2cc(c1)-c1nc(nc(-c3ccc4c(c3)oc3ccccc34)n1)-c1cccc(c1)-c1ccc3c4ccccc4n(c3c1)-c1cccc-2c1. The van der Waals surface area contributed by atoms with Crippen LogP contribution in [0.1, 0.15) is 0 Å². The molecule has 4 heterocycles. The first-order valence-electron chi connectivity index (χ1n) is 16.8. The number of nitrogens with zero attached hydrogens (tertiary/aromatic N) is 4. The molecule has 10 bridgehead atoms. The van der Waals surface area contributed by atoms with Crippen LogP contribution in [-0.4, -0.2) is 19.5 Å². The minimum Gasteiger partial charge on any atom is -0.456 e. The molecule has 0 spiro atoms. The summed E-state index contributed by atoms with van der Waals surface area (Å²) in [6.07, 6.45) is 0. The summed E-state index contributed by atoms with van der Waals surface area (Å²) in [5, 5.41) is 4.62. The lowest BCUT2D eigenvalue weighted by molar-refractivity contribution is 0.669. The number of aromatic nitrogens is 4. The van der Waals surface area contributed by atoms with Gasteiger partial charge < -0.3 is 8.98 Å². The summed E-state index contributed by atoms with van der Waals surface area (Å²) in [6, 6.07) is 55.5. The van der Waals surface area contributed by atoms with Crippen LogP contribution in [0.15, 0.2) is 162 Å². The minimum atomic E-state index is 0.595. The molecular weight excluding hydrogens is 613 g/mol.